The summed E-state index contributed by atoms with van der Waals surface area (Å²) in [5.41, 5.74) is 3.33. The Hall–Kier alpha value is -2.40. The highest BCUT2D eigenvalue weighted by Crippen LogP contribution is 2.34. The number of methoxy groups -OCH3 is 4. The quantitative estimate of drug-likeness (QED) is 0.804. The van der Waals surface area contributed by atoms with E-state index in [1.54, 1.807) is 28.4 Å². The van der Waals surface area contributed by atoms with Crippen molar-refractivity contribution >= 4 is 0 Å². The molecule has 2 rings (SSSR count). The number of rotatable bonds is 8. The van der Waals surface area contributed by atoms with E-state index in [9.17, 15) is 0 Å². The third kappa shape index (κ3) is 4.11. The van der Waals surface area contributed by atoms with E-state index in [0.29, 0.717) is 24.6 Å². The van der Waals surface area contributed by atoms with Crippen LogP contribution in [0.25, 0.3) is 0 Å². The molecule has 0 atom stereocenters. The van der Waals surface area contributed by atoms with Crippen molar-refractivity contribution in [3.05, 3.63) is 47.0 Å². The Labute approximate surface area is 143 Å². The second kappa shape index (κ2) is 8.45. The molecule has 2 aromatic rings. The molecule has 0 aromatic heterocycles. The highest BCUT2D eigenvalue weighted by molar-refractivity contribution is 5.50. The van der Waals surface area contributed by atoms with Gasteiger partial charge in [0.05, 0.1) is 28.4 Å². The predicted octanol–water partition coefficient (Wildman–Crippen LogP) is 3.32. The summed E-state index contributed by atoms with van der Waals surface area (Å²) < 4.78 is 21.5. The summed E-state index contributed by atoms with van der Waals surface area (Å²) in [6, 6.07) is 9.92. The van der Waals surface area contributed by atoms with Crippen LogP contribution in [-0.2, 0) is 13.1 Å². The largest absolute Gasteiger partial charge is 0.496 e. The zero-order chi connectivity index (χ0) is 17.5. The lowest BCUT2D eigenvalue weighted by molar-refractivity contribution is 0.347. The Morgan fingerprint density at radius 1 is 0.667 bits per heavy atom. The van der Waals surface area contributed by atoms with Crippen LogP contribution in [0.2, 0.25) is 0 Å². The molecule has 0 unspecified atom stereocenters. The maximum atomic E-state index is 5.45. The monoisotopic (exact) mass is 331 g/mol. The molecule has 24 heavy (non-hydrogen) atoms. The molecule has 0 radical (unpaired) electrons. The molecule has 0 amide bonds. The molecule has 0 bridgehead atoms. The number of hydrogen-bond acceptors (Lipinski definition) is 5. The van der Waals surface area contributed by atoms with Gasteiger partial charge in [-0.2, -0.15) is 0 Å². The molecule has 0 saturated heterocycles. The van der Waals surface area contributed by atoms with E-state index in [1.807, 2.05) is 24.3 Å². The molecule has 0 saturated carbocycles. The highest BCUT2D eigenvalue weighted by atomic mass is 16.5. The van der Waals surface area contributed by atoms with E-state index in [2.05, 4.69) is 18.3 Å². The Morgan fingerprint density at radius 3 is 1.79 bits per heavy atom. The number of ether oxygens (including phenoxy) is 4. The average molecular weight is 331 g/mol. The Bertz CT molecular complexity index is 685. The van der Waals surface area contributed by atoms with E-state index < -0.39 is 0 Å². The first kappa shape index (κ1) is 17.9. The molecule has 0 aliphatic carbocycles. The number of benzene rings is 2. The van der Waals surface area contributed by atoms with Gasteiger partial charge in [-0.15, -0.1) is 0 Å². The number of aryl methyl sites for hydroxylation is 1. The summed E-state index contributed by atoms with van der Waals surface area (Å²) in [5, 5.41) is 3.43. The summed E-state index contributed by atoms with van der Waals surface area (Å²) in [7, 11) is 6.57. The first-order valence-corrected chi connectivity index (χ1v) is 7.76. The fraction of sp³-hybridized carbons (Fsp3) is 0.368. The zero-order valence-electron chi connectivity index (χ0n) is 14.9. The van der Waals surface area contributed by atoms with Crippen LogP contribution in [-0.4, -0.2) is 28.4 Å². The van der Waals surface area contributed by atoms with E-state index >= 15 is 0 Å². The van der Waals surface area contributed by atoms with Gasteiger partial charge in [0.2, 0.25) is 0 Å². The molecule has 130 valence electrons. The molecule has 5 heteroatoms. The second-order valence-electron chi connectivity index (χ2n) is 5.44. The van der Waals surface area contributed by atoms with Gasteiger partial charge in [-0.3, -0.25) is 0 Å². The van der Waals surface area contributed by atoms with Crippen LogP contribution >= 0.6 is 0 Å². The summed E-state index contributed by atoms with van der Waals surface area (Å²) in [6.07, 6.45) is 0. The van der Waals surface area contributed by atoms with Crippen LogP contribution in [0.4, 0.5) is 0 Å². The van der Waals surface area contributed by atoms with E-state index in [-0.39, 0.29) is 0 Å². The minimum Gasteiger partial charge on any atom is -0.496 e. The van der Waals surface area contributed by atoms with Gasteiger partial charge in [-0.1, -0.05) is 17.7 Å². The minimum absolute atomic E-state index is 0.640. The van der Waals surface area contributed by atoms with Crippen molar-refractivity contribution in [3.63, 3.8) is 0 Å². The van der Waals surface area contributed by atoms with Gasteiger partial charge in [0.25, 0.3) is 0 Å². The molecule has 0 heterocycles. The van der Waals surface area contributed by atoms with E-state index in [0.717, 1.165) is 22.6 Å². The zero-order valence-corrected chi connectivity index (χ0v) is 14.9. The van der Waals surface area contributed by atoms with Crippen molar-refractivity contribution in [3.8, 4) is 23.0 Å². The number of hydrogen-bond donors (Lipinski definition) is 1. The van der Waals surface area contributed by atoms with Crippen molar-refractivity contribution in [2.24, 2.45) is 0 Å². The topological polar surface area (TPSA) is 49.0 Å². The molecule has 0 aliphatic rings. The van der Waals surface area contributed by atoms with Crippen molar-refractivity contribution in [2.45, 2.75) is 20.0 Å². The number of nitrogens with one attached hydrogen (secondary N) is 1. The van der Waals surface area contributed by atoms with Gasteiger partial charge in [0.1, 0.15) is 11.5 Å². The van der Waals surface area contributed by atoms with E-state index in [1.165, 1.54) is 5.56 Å². The smallest absolute Gasteiger partial charge is 0.164 e. The van der Waals surface area contributed by atoms with Gasteiger partial charge in [-0.05, 0) is 19.1 Å². The van der Waals surface area contributed by atoms with Crippen LogP contribution in [0.15, 0.2) is 30.3 Å². The molecular formula is C19H25NO4. The fourth-order valence-electron chi connectivity index (χ4n) is 2.61. The third-order valence-electron chi connectivity index (χ3n) is 3.85. The van der Waals surface area contributed by atoms with E-state index in [4.69, 9.17) is 18.9 Å². The molecule has 0 aliphatic heterocycles. The lowest BCUT2D eigenvalue weighted by atomic mass is 10.1. The molecule has 0 spiro atoms. The first-order chi connectivity index (χ1) is 11.6. The molecular weight excluding hydrogens is 306 g/mol. The van der Waals surface area contributed by atoms with Crippen molar-refractivity contribution in [2.75, 3.05) is 28.4 Å². The van der Waals surface area contributed by atoms with Crippen LogP contribution in [0.5, 0.6) is 23.0 Å². The molecule has 5 nitrogen and oxygen atoms in total. The summed E-state index contributed by atoms with van der Waals surface area (Å²) in [5.74, 6) is 2.98. The Balaban J connectivity index is 2.13. The Morgan fingerprint density at radius 2 is 1.21 bits per heavy atom. The molecule has 0 fully saturated rings. The lowest BCUT2D eigenvalue weighted by Crippen LogP contribution is -2.14. The van der Waals surface area contributed by atoms with Crippen LogP contribution in [0.1, 0.15) is 16.7 Å². The van der Waals surface area contributed by atoms with Gasteiger partial charge in [0, 0.05) is 30.3 Å². The normalized spacial score (nSPS) is 10.4. The first-order valence-electron chi connectivity index (χ1n) is 7.76. The Kier molecular flexibility index (Phi) is 6.32. The summed E-state index contributed by atoms with van der Waals surface area (Å²) >= 11 is 0. The van der Waals surface area contributed by atoms with Gasteiger partial charge in [0.15, 0.2) is 11.5 Å². The van der Waals surface area contributed by atoms with Crippen LogP contribution in [0, 0.1) is 6.92 Å². The lowest BCUT2D eigenvalue weighted by Gasteiger charge is -2.15. The van der Waals surface area contributed by atoms with Gasteiger partial charge >= 0.3 is 0 Å². The second-order valence-corrected chi connectivity index (χ2v) is 5.44. The van der Waals surface area contributed by atoms with Crippen LogP contribution in [0.3, 0.4) is 0 Å². The van der Waals surface area contributed by atoms with Crippen LogP contribution < -0.4 is 24.3 Å². The predicted molar refractivity (Wildman–Crippen MR) is 94.4 cm³/mol. The van der Waals surface area contributed by atoms with Gasteiger partial charge in [-0.25, -0.2) is 0 Å². The summed E-state index contributed by atoms with van der Waals surface area (Å²) in [4.78, 5) is 0. The van der Waals surface area contributed by atoms with Crippen molar-refractivity contribution < 1.29 is 18.9 Å². The minimum atomic E-state index is 0.640. The van der Waals surface area contributed by atoms with Gasteiger partial charge < -0.3 is 24.3 Å². The van der Waals surface area contributed by atoms with Crippen molar-refractivity contribution in [1.82, 2.24) is 5.32 Å². The summed E-state index contributed by atoms with van der Waals surface area (Å²) in [6.45, 7) is 3.41. The average Bonchev–Trinajstić information content (AvgIpc) is 2.61. The highest BCUT2D eigenvalue weighted by Gasteiger charge is 2.12. The maximum Gasteiger partial charge on any atom is 0.164 e. The third-order valence-corrected chi connectivity index (χ3v) is 3.85. The fourth-order valence-corrected chi connectivity index (χ4v) is 2.61. The molecule has 2 aromatic carbocycles. The maximum absolute atomic E-state index is 5.45. The molecule has 1 N–H and O–H groups in total. The standard InChI is InChI=1S/C19H25NO4/c1-13-6-7-16(21-2)14(8-13)11-20-12-15-9-18(23-4)19(24-5)10-17(15)22-3/h6-10,20H,11-12H2,1-5H3. The van der Waals surface area contributed by atoms with Crippen molar-refractivity contribution in [1.29, 1.82) is 0 Å². The SMILES string of the molecule is COc1ccc(C)cc1CNCc1cc(OC)c(OC)cc1OC.